The highest BCUT2D eigenvalue weighted by Gasteiger charge is 2.17. The van der Waals surface area contributed by atoms with Gasteiger partial charge in [-0.1, -0.05) is 72.0 Å². The number of aromatic nitrogens is 2. The van der Waals surface area contributed by atoms with Gasteiger partial charge in [0.05, 0.1) is 26.3 Å². The van der Waals surface area contributed by atoms with Crippen LogP contribution in [0.25, 0.3) is 31.9 Å². The van der Waals surface area contributed by atoms with Crippen LogP contribution < -0.4 is 5.32 Å². The third-order valence-electron chi connectivity index (χ3n) is 4.52. The summed E-state index contributed by atoms with van der Waals surface area (Å²) in [6, 6.07) is 25.7. The van der Waals surface area contributed by atoms with Gasteiger partial charge in [-0.3, -0.25) is 10.1 Å². The first-order valence-corrected chi connectivity index (χ1v) is 10.7. The molecule has 6 heteroatoms. The van der Waals surface area contributed by atoms with Crippen molar-refractivity contribution in [2.24, 2.45) is 0 Å². The minimum absolute atomic E-state index is 0.173. The Hall–Kier alpha value is -3.35. The summed E-state index contributed by atoms with van der Waals surface area (Å²) in [5, 5.41) is 3.55. The Bertz CT molecular complexity index is 1240. The van der Waals surface area contributed by atoms with Gasteiger partial charge in [0.2, 0.25) is 0 Å². The number of nitrogens with zero attached hydrogens (tertiary/aromatic N) is 2. The van der Waals surface area contributed by atoms with Gasteiger partial charge in [0.15, 0.2) is 5.13 Å². The van der Waals surface area contributed by atoms with Crippen molar-refractivity contribution in [1.82, 2.24) is 9.97 Å². The van der Waals surface area contributed by atoms with Gasteiger partial charge in [0, 0.05) is 11.1 Å². The molecule has 0 radical (unpaired) electrons. The SMILES string of the molecule is O=C(Nc1nc(-c2ccccc2)c(-c2ccccc2)s1)c1ccc2ncsc2c1. The molecule has 3 aromatic carbocycles. The van der Waals surface area contributed by atoms with Gasteiger partial charge < -0.3 is 0 Å². The molecule has 2 heterocycles. The highest BCUT2D eigenvalue weighted by molar-refractivity contribution is 7.19. The van der Waals surface area contributed by atoms with E-state index in [4.69, 9.17) is 4.98 Å². The molecule has 1 N–H and O–H groups in total. The standard InChI is InChI=1S/C23H15N3OS2/c27-22(17-11-12-18-19(13-17)28-14-24-18)26-23-25-20(15-7-3-1-4-8-15)21(29-23)16-9-5-2-6-10-16/h1-14H,(H,25,26,27). The van der Waals surface area contributed by atoms with Crippen molar-refractivity contribution in [1.29, 1.82) is 0 Å². The van der Waals surface area contributed by atoms with Crippen molar-refractivity contribution in [3.63, 3.8) is 0 Å². The lowest BCUT2D eigenvalue weighted by Gasteiger charge is -2.02. The highest BCUT2D eigenvalue weighted by atomic mass is 32.1. The van der Waals surface area contributed by atoms with Crippen molar-refractivity contribution < 1.29 is 4.79 Å². The summed E-state index contributed by atoms with van der Waals surface area (Å²) in [6.07, 6.45) is 0. The Kier molecular flexibility index (Phi) is 4.63. The van der Waals surface area contributed by atoms with E-state index in [0.717, 1.165) is 31.9 Å². The number of amides is 1. The van der Waals surface area contributed by atoms with Crippen LogP contribution in [0, 0.1) is 0 Å². The second kappa shape index (κ2) is 7.58. The Balaban J connectivity index is 1.51. The normalized spacial score (nSPS) is 10.9. The fourth-order valence-electron chi connectivity index (χ4n) is 3.12. The Labute approximate surface area is 175 Å². The van der Waals surface area contributed by atoms with Crippen molar-refractivity contribution in [2.45, 2.75) is 0 Å². The second-order valence-electron chi connectivity index (χ2n) is 6.42. The van der Waals surface area contributed by atoms with Crippen LogP contribution in [0.1, 0.15) is 10.4 Å². The largest absolute Gasteiger partial charge is 0.298 e. The lowest BCUT2D eigenvalue weighted by atomic mass is 10.1. The van der Waals surface area contributed by atoms with Crippen LogP contribution in [0.3, 0.4) is 0 Å². The molecule has 29 heavy (non-hydrogen) atoms. The van der Waals surface area contributed by atoms with E-state index in [0.29, 0.717) is 10.7 Å². The lowest BCUT2D eigenvalue weighted by Crippen LogP contribution is -2.11. The molecule has 2 aromatic heterocycles. The zero-order valence-corrected chi connectivity index (χ0v) is 16.8. The average molecular weight is 414 g/mol. The third kappa shape index (κ3) is 3.55. The summed E-state index contributed by atoms with van der Waals surface area (Å²) in [7, 11) is 0. The maximum atomic E-state index is 12.8. The van der Waals surface area contributed by atoms with Gasteiger partial charge in [-0.2, -0.15) is 0 Å². The Morgan fingerprint density at radius 3 is 2.34 bits per heavy atom. The number of fused-ring (bicyclic) bond motifs is 1. The van der Waals surface area contributed by atoms with E-state index in [9.17, 15) is 4.79 Å². The first kappa shape index (κ1) is 17.7. The lowest BCUT2D eigenvalue weighted by molar-refractivity contribution is 0.102. The summed E-state index contributed by atoms with van der Waals surface area (Å²) in [6.45, 7) is 0. The number of thiazole rings is 2. The van der Waals surface area contributed by atoms with E-state index < -0.39 is 0 Å². The molecule has 0 spiro atoms. The van der Waals surface area contributed by atoms with E-state index in [1.54, 1.807) is 11.6 Å². The summed E-state index contributed by atoms with van der Waals surface area (Å²) in [5.74, 6) is -0.173. The Morgan fingerprint density at radius 1 is 0.862 bits per heavy atom. The molecule has 0 aliphatic heterocycles. The van der Waals surface area contributed by atoms with Crippen LogP contribution in [0.15, 0.2) is 84.4 Å². The van der Waals surface area contributed by atoms with Gasteiger partial charge in [-0.25, -0.2) is 9.97 Å². The predicted octanol–water partition coefficient (Wildman–Crippen LogP) is 6.34. The Morgan fingerprint density at radius 2 is 1.59 bits per heavy atom. The number of hydrogen-bond donors (Lipinski definition) is 1. The molecule has 140 valence electrons. The van der Waals surface area contributed by atoms with Gasteiger partial charge in [0.25, 0.3) is 5.91 Å². The minimum atomic E-state index is -0.173. The summed E-state index contributed by atoms with van der Waals surface area (Å²) in [5.41, 5.74) is 6.25. The van der Waals surface area contributed by atoms with Crippen molar-refractivity contribution >= 4 is 43.9 Å². The molecule has 1 amide bonds. The molecule has 0 aliphatic carbocycles. The third-order valence-corrected chi connectivity index (χ3v) is 6.34. The number of carbonyl (C=O) groups excluding carboxylic acids is 1. The topological polar surface area (TPSA) is 54.9 Å². The number of benzene rings is 3. The van der Waals surface area contributed by atoms with Gasteiger partial charge in [-0.05, 0) is 23.8 Å². The smallest absolute Gasteiger partial charge is 0.257 e. The first-order valence-electron chi connectivity index (χ1n) is 9.04. The van der Waals surface area contributed by atoms with Gasteiger partial charge >= 0.3 is 0 Å². The van der Waals surface area contributed by atoms with Crippen LogP contribution in [0.2, 0.25) is 0 Å². The molecule has 0 bridgehead atoms. The monoisotopic (exact) mass is 413 g/mol. The molecule has 5 aromatic rings. The maximum absolute atomic E-state index is 12.8. The van der Waals surface area contributed by atoms with Crippen LogP contribution in [0.4, 0.5) is 5.13 Å². The second-order valence-corrected chi connectivity index (χ2v) is 8.30. The zero-order valence-electron chi connectivity index (χ0n) is 15.2. The predicted molar refractivity (Wildman–Crippen MR) is 121 cm³/mol. The molecule has 0 saturated heterocycles. The quantitative estimate of drug-likeness (QED) is 0.374. The van der Waals surface area contributed by atoms with E-state index in [1.165, 1.54) is 22.7 Å². The van der Waals surface area contributed by atoms with E-state index in [-0.39, 0.29) is 5.91 Å². The molecule has 0 unspecified atom stereocenters. The minimum Gasteiger partial charge on any atom is -0.298 e. The average Bonchev–Trinajstić information content (AvgIpc) is 3.41. The van der Waals surface area contributed by atoms with Gasteiger partial charge in [-0.15, -0.1) is 11.3 Å². The van der Waals surface area contributed by atoms with E-state index in [2.05, 4.69) is 22.4 Å². The fraction of sp³-hybridized carbons (Fsp3) is 0. The number of nitrogens with one attached hydrogen (secondary N) is 1. The van der Waals surface area contributed by atoms with Gasteiger partial charge in [0.1, 0.15) is 0 Å². The molecular formula is C23H15N3OS2. The highest BCUT2D eigenvalue weighted by Crippen LogP contribution is 2.39. The summed E-state index contributed by atoms with van der Waals surface area (Å²) < 4.78 is 0.992. The summed E-state index contributed by atoms with van der Waals surface area (Å²) in [4.78, 5) is 22.9. The van der Waals surface area contributed by atoms with Crippen molar-refractivity contribution in [2.75, 3.05) is 5.32 Å². The van der Waals surface area contributed by atoms with Crippen molar-refractivity contribution in [3.8, 4) is 21.7 Å². The van der Waals surface area contributed by atoms with Crippen LogP contribution in [-0.2, 0) is 0 Å². The molecule has 0 fully saturated rings. The van der Waals surface area contributed by atoms with E-state index in [1.807, 2.05) is 60.7 Å². The summed E-state index contributed by atoms with van der Waals surface area (Å²) >= 11 is 3.01. The van der Waals surface area contributed by atoms with Crippen LogP contribution in [-0.4, -0.2) is 15.9 Å². The van der Waals surface area contributed by atoms with Crippen molar-refractivity contribution in [3.05, 3.63) is 89.9 Å². The van der Waals surface area contributed by atoms with Crippen LogP contribution in [0.5, 0.6) is 0 Å². The molecule has 0 saturated carbocycles. The maximum Gasteiger partial charge on any atom is 0.257 e. The molecule has 4 nitrogen and oxygen atoms in total. The number of anilines is 1. The molecular weight excluding hydrogens is 398 g/mol. The first-order chi connectivity index (χ1) is 14.3. The number of hydrogen-bond acceptors (Lipinski definition) is 5. The number of rotatable bonds is 4. The molecule has 0 aliphatic rings. The number of carbonyl (C=O) groups is 1. The molecule has 5 rings (SSSR count). The fourth-order valence-corrected chi connectivity index (χ4v) is 4.82. The zero-order chi connectivity index (χ0) is 19.6. The van der Waals surface area contributed by atoms with Crippen LogP contribution >= 0.6 is 22.7 Å². The van der Waals surface area contributed by atoms with E-state index >= 15 is 0 Å². The molecule has 0 atom stereocenters.